The van der Waals surface area contributed by atoms with Crippen LogP contribution in [0, 0.1) is 5.92 Å². The van der Waals surface area contributed by atoms with E-state index in [0.717, 1.165) is 12.2 Å². The summed E-state index contributed by atoms with van der Waals surface area (Å²) in [6, 6.07) is -0.377. The smallest absolute Gasteiger partial charge is 0.407 e. The number of hydrogen-bond acceptors (Lipinski definition) is 6. The van der Waals surface area contributed by atoms with Gasteiger partial charge in [-0.3, -0.25) is 0 Å². The topological polar surface area (TPSA) is 90.9 Å². The quantitative estimate of drug-likeness (QED) is 0.434. The first-order valence-electron chi connectivity index (χ1n) is 6.66. The first kappa shape index (κ1) is 18.9. The molecule has 0 aromatic rings. The van der Waals surface area contributed by atoms with E-state index in [1.807, 2.05) is 13.8 Å². The molecule has 0 aromatic carbocycles. The SMILES string of the molecule is COC(=O)N[C@@H](COC(=O)/C=C/C(=O)OC(C)C)C(C)C. The fourth-order valence-corrected chi connectivity index (χ4v) is 1.24. The highest BCUT2D eigenvalue weighted by Gasteiger charge is 2.18. The maximum Gasteiger partial charge on any atom is 0.407 e. The lowest BCUT2D eigenvalue weighted by atomic mass is 10.1. The van der Waals surface area contributed by atoms with Crippen LogP contribution in [0.25, 0.3) is 0 Å². The van der Waals surface area contributed by atoms with Crippen LogP contribution in [0.2, 0.25) is 0 Å². The Labute approximate surface area is 124 Å². The van der Waals surface area contributed by atoms with Crippen LogP contribution in [0.15, 0.2) is 12.2 Å². The Balaban J connectivity index is 4.28. The zero-order valence-electron chi connectivity index (χ0n) is 13.0. The maximum absolute atomic E-state index is 11.5. The van der Waals surface area contributed by atoms with Crippen molar-refractivity contribution in [2.75, 3.05) is 13.7 Å². The minimum atomic E-state index is -0.687. The molecule has 120 valence electrons. The maximum atomic E-state index is 11.5. The van der Waals surface area contributed by atoms with E-state index in [2.05, 4.69) is 10.1 Å². The van der Waals surface area contributed by atoms with Gasteiger partial charge in [0.1, 0.15) is 6.61 Å². The predicted molar refractivity (Wildman–Crippen MR) is 75.5 cm³/mol. The minimum Gasteiger partial charge on any atom is -0.460 e. The van der Waals surface area contributed by atoms with Crippen molar-refractivity contribution in [3.05, 3.63) is 12.2 Å². The molecule has 1 amide bonds. The zero-order chi connectivity index (χ0) is 16.4. The van der Waals surface area contributed by atoms with Crippen molar-refractivity contribution in [3.8, 4) is 0 Å². The van der Waals surface area contributed by atoms with E-state index in [4.69, 9.17) is 9.47 Å². The molecule has 1 atom stereocenters. The Morgan fingerprint density at radius 3 is 2.10 bits per heavy atom. The fraction of sp³-hybridized carbons (Fsp3) is 0.643. The minimum absolute atomic E-state index is 0.0187. The number of alkyl carbamates (subject to hydrolysis) is 1. The van der Waals surface area contributed by atoms with Gasteiger partial charge in [-0.25, -0.2) is 14.4 Å². The summed E-state index contributed by atoms with van der Waals surface area (Å²) in [7, 11) is 1.25. The van der Waals surface area contributed by atoms with E-state index in [9.17, 15) is 14.4 Å². The summed E-state index contributed by atoms with van der Waals surface area (Å²) < 4.78 is 14.3. The summed E-state index contributed by atoms with van der Waals surface area (Å²) in [4.78, 5) is 33.8. The van der Waals surface area contributed by atoms with Crippen LogP contribution in [-0.2, 0) is 23.8 Å². The number of ether oxygens (including phenoxy) is 3. The highest BCUT2D eigenvalue weighted by atomic mass is 16.5. The van der Waals surface area contributed by atoms with E-state index in [1.165, 1.54) is 7.11 Å². The van der Waals surface area contributed by atoms with Crippen molar-refractivity contribution in [1.29, 1.82) is 0 Å². The molecule has 0 aromatic heterocycles. The first-order valence-corrected chi connectivity index (χ1v) is 6.66. The lowest BCUT2D eigenvalue weighted by molar-refractivity contribution is -0.143. The van der Waals surface area contributed by atoms with E-state index in [-0.39, 0.29) is 24.7 Å². The number of hydrogen-bond donors (Lipinski definition) is 1. The molecule has 0 fully saturated rings. The Morgan fingerprint density at radius 2 is 1.62 bits per heavy atom. The van der Waals surface area contributed by atoms with Crippen LogP contribution in [0.3, 0.4) is 0 Å². The van der Waals surface area contributed by atoms with Gasteiger partial charge in [-0.15, -0.1) is 0 Å². The average Bonchev–Trinajstić information content (AvgIpc) is 2.39. The van der Waals surface area contributed by atoms with E-state index >= 15 is 0 Å². The second kappa shape index (κ2) is 9.79. The Morgan fingerprint density at radius 1 is 1.05 bits per heavy atom. The van der Waals surface area contributed by atoms with Crippen molar-refractivity contribution in [1.82, 2.24) is 5.32 Å². The number of amides is 1. The van der Waals surface area contributed by atoms with E-state index in [1.54, 1.807) is 13.8 Å². The largest absolute Gasteiger partial charge is 0.460 e. The van der Waals surface area contributed by atoms with Gasteiger partial charge in [0.05, 0.1) is 19.3 Å². The lowest BCUT2D eigenvalue weighted by Gasteiger charge is -2.20. The van der Waals surface area contributed by atoms with Crippen molar-refractivity contribution in [3.63, 3.8) is 0 Å². The van der Waals surface area contributed by atoms with Crippen LogP contribution in [-0.4, -0.2) is 43.9 Å². The summed E-state index contributed by atoms with van der Waals surface area (Å²) in [5.41, 5.74) is 0. The van der Waals surface area contributed by atoms with Crippen LogP contribution < -0.4 is 5.32 Å². The highest BCUT2D eigenvalue weighted by Crippen LogP contribution is 2.03. The fourth-order valence-electron chi connectivity index (χ4n) is 1.24. The third kappa shape index (κ3) is 9.48. The molecule has 0 rings (SSSR count). The summed E-state index contributed by atoms with van der Waals surface area (Å²) in [5, 5.41) is 2.56. The number of carbonyl (C=O) groups is 3. The van der Waals surface area contributed by atoms with Gasteiger partial charge in [-0.1, -0.05) is 13.8 Å². The number of esters is 2. The number of carbonyl (C=O) groups excluding carboxylic acids is 3. The molecule has 0 bridgehead atoms. The van der Waals surface area contributed by atoms with Crippen LogP contribution in [0.5, 0.6) is 0 Å². The highest BCUT2D eigenvalue weighted by molar-refractivity contribution is 5.91. The average molecular weight is 301 g/mol. The Kier molecular flexibility index (Phi) is 8.84. The molecule has 0 heterocycles. The van der Waals surface area contributed by atoms with Crippen molar-refractivity contribution in [2.45, 2.75) is 39.8 Å². The van der Waals surface area contributed by atoms with E-state index < -0.39 is 18.0 Å². The van der Waals surface area contributed by atoms with Gasteiger partial charge in [0.15, 0.2) is 0 Å². The molecule has 0 aliphatic heterocycles. The van der Waals surface area contributed by atoms with Gasteiger partial charge in [-0.2, -0.15) is 0 Å². The second-order valence-electron chi connectivity index (χ2n) is 4.94. The third-order valence-electron chi connectivity index (χ3n) is 2.41. The summed E-state index contributed by atoms with van der Waals surface area (Å²) >= 11 is 0. The Bertz CT molecular complexity index is 389. The molecule has 0 saturated carbocycles. The van der Waals surface area contributed by atoms with Gasteiger partial charge in [0.25, 0.3) is 0 Å². The van der Waals surface area contributed by atoms with Crippen molar-refractivity contribution in [2.24, 2.45) is 5.92 Å². The number of methoxy groups -OCH3 is 1. The molecule has 7 heteroatoms. The zero-order valence-corrected chi connectivity index (χ0v) is 13.0. The van der Waals surface area contributed by atoms with Gasteiger partial charge < -0.3 is 19.5 Å². The molecule has 0 saturated heterocycles. The normalized spacial score (nSPS) is 12.3. The molecule has 7 nitrogen and oxygen atoms in total. The summed E-state index contributed by atoms with van der Waals surface area (Å²) in [6.45, 7) is 7.12. The van der Waals surface area contributed by atoms with Crippen LogP contribution in [0.1, 0.15) is 27.7 Å². The molecule has 0 radical (unpaired) electrons. The Hall–Kier alpha value is -2.05. The summed E-state index contributed by atoms with van der Waals surface area (Å²) in [5.74, 6) is -1.25. The molecule has 0 aliphatic rings. The van der Waals surface area contributed by atoms with Gasteiger partial charge >= 0.3 is 18.0 Å². The lowest BCUT2D eigenvalue weighted by Crippen LogP contribution is -2.42. The van der Waals surface area contributed by atoms with Crippen molar-refractivity contribution < 1.29 is 28.6 Å². The molecule has 1 N–H and O–H groups in total. The molecular weight excluding hydrogens is 278 g/mol. The molecule has 21 heavy (non-hydrogen) atoms. The van der Waals surface area contributed by atoms with Crippen LogP contribution in [0.4, 0.5) is 4.79 Å². The standard InChI is InChI=1S/C14H23NO6/c1-9(2)11(15-14(18)19-5)8-20-12(16)6-7-13(17)21-10(3)4/h6-7,9-11H,8H2,1-5H3,(H,15,18)/b7-6+/t11-/m0/s1. The molecule has 0 aliphatic carbocycles. The van der Waals surface area contributed by atoms with E-state index in [0.29, 0.717) is 0 Å². The number of nitrogens with one attached hydrogen (secondary N) is 1. The van der Waals surface area contributed by atoms with Gasteiger partial charge in [-0.05, 0) is 19.8 Å². The summed E-state index contributed by atoms with van der Waals surface area (Å²) in [6.07, 6.45) is 1.13. The molecule has 0 unspecified atom stereocenters. The second-order valence-corrected chi connectivity index (χ2v) is 4.94. The van der Waals surface area contributed by atoms with Gasteiger partial charge in [0.2, 0.25) is 0 Å². The van der Waals surface area contributed by atoms with Gasteiger partial charge in [0, 0.05) is 12.2 Å². The monoisotopic (exact) mass is 301 g/mol. The molecule has 0 spiro atoms. The molecular formula is C14H23NO6. The number of rotatable bonds is 7. The van der Waals surface area contributed by atoms with Crippen LogP contribution >= 0.6 is 0 Å². The first-order chi connectivity index (χ1) is 9.76. The predicted octanol–water partition coefficient (Wildman–Crippen LogP) is 1.42. The van der Waals surface area contributed by atoms with Crippen molar-refractivity contribution >= 4 is 18.0 Å². The third-order valence-corrected chi connectivity index (χ3v) is 2.41.